The molecule has 6 aromatic carbocycles. The quantitative estimate of drug-likeness (QED) is 0.189. The van der Waals surface area contributed by atoms with Crippen molar-refractivity contribution in [2.45, 2.75) is 12.8 Å². The Hall–Kier alpha value is -5.18. The molecule has 0 radical (unpaired) electrons. The molecule has 1 heterocycles. The molecule has 1 nitrogen and oxygen atoms in total. The van der Waals surface area contributed by atoms with Crippen LogP contribution in [0.5, 0.6) is 0 Å². The molecular weight excluding hydrogens is 551 g/mol. The molecule has 0 fully saturated rings. The monoisotopic (exact) mass is 581 g/mol. The first-order valence-electron chi connectivity index (χ1n) is 15.2. The highest BCUT2D eigenvalue weighted by Crippen LogP contribution is 2.41. The van der Waals surface area contributed by atoms with Crippen LogP contribution in [-0.4, -0.2) is 0 Å². The summed E-state index contributed by atoms with van der Waals surface area (Å²) in [6, 6.07) is 53.1. The van der Waals surface area contributed by atoms with Gasteiger partial charge in [0.1, 0.15) is 0 Å². The van der Waals surface area contributed by atoms with E-state index < -0.39 is 0 Å². The molecule has 0 bridgehead atoms. The molecule has 0 spiro atoms. The van der Waals surface area contributed by atoms with Gasteiger partial charge in [0, 0.05) is 37.2 Å². The van der Waals surface area contributed by atoms with Crippen LogP contribution in [0.3, 0.4) is 0 Å². The van der Waals surface area contributed by atoms with E-state index in [1.165, 1.54) is 53.6 Å². The first kappa shape index (κ1) is 26.4. The zero-order valence-corrected chi connectivity index (χ0v) is 25.2. The van der Waals surface area contributed by atoms with Gasteiger partial charge in [0.25, 0.3) is 0 Å². The number of nitrogens with zero attached hydrogens (tertiary/aromatic N) is 1. The normalized spacial score (nSPS) is 12.9. The lowest BCUT2D eigenvalue weighted by molar-refractivity contribution is 1.05. The summed E-state index contributed by atoms with van der Waals surface area (Å²) in [5, 5.41) is 2.62. The van der Waals surface area contributed by atoms with Gasteiger partial charge in [-0.3, -0.25) is 0 Å². The highest BCUT2D eigenvalue weighted by molar-refractivity contribution is 7.25. The maximum Gasteiger partial charge on any atom is 0.0468 e. The van der Waals surface area contributed by atoms with Gasteiger partial charge in [-0.2, -0.15) is 0 Å². The molecule has 1 aromatic heterocycles. The van der Waals surface area contributed by atoms with Crippen LogP contribution in [0.25, 0.3) is 48.0 Å². The van der Waals surface area contributed by atoms with E-state index in [0.29, 0.717) is 0 Å². The molecule has 2 heteroatoms. The van der Waals surface area contributed by atoms with Crippen molar-refractivity contribution in [2.75, 3.05) is 4.90 Å². The summed E-state index contributed by atoms with van der Waals surface area (Å²) in [5.41, 5.74) is 11.0. The summed E-state index contributed by atoms with van der Waals surface area (Å²) in [6.45, 7) is 0. The van der Waals surface area contributed by atoms with E-state index in [4.69, 9.17) is 0 Å². The number of hydrogen-bond donors (Lipinski definition) is 0. The van der Waals surface area contributed by atoms with E-state index in [2.05, 4.69) is 169 Å². The first-order valence-corrected chi connectivity index (χ1v) is 16.1. The number of hydrogen-bond acceptors (Lipinski definition) is 2. The van der Waals surface area contributed by atoms with Gasteiger partial charge in [-0.15, -0.1) is 11.3 Å². The van der Waals surface area contributed by atoms with Crippen molar-refractivity contribution in [3.8, 4) is 22.3 Å². The van der Waals surface area contributed by atoms with Crippen LogP contribution >= 0.6 is 11.3 Å². The smallest absolute Gasteiger partial charge is 0.0468 e. The minimum absolute atomic E-state index is 1.09. The minimum atomic E-state index is 1.09. The number of anilines is 3. The molecule has 0 saturated heterocycles. The molecule has 0 saturated carbocycles. The van der Waals surface area contributed by atoms with Crippen molar-refractivity contribution in [1.29, 1.82) is 0 Å². The van der Waals surface area contributed by atoms with Crippen molar-refractivity contribution >= 4 is 54.1 Å². The molecule has 0 unspecified atom stereocenters. The average molecular weight is 582 g/mol. The SMILES string of the molecule is C1=CCCC(c2ccc(N(c3ccc(-c4ccc(-c5ccccc5)cc4)cc3)c3ccc4sc5ccccc5c4c3)cc2)=C1. The Morgan fingerprint density at radius 3 is 1.66 bits per heavy atom. The van der Waals surface area contributed by atoms with Crippen LogP contribution in [-0.2, 0) is 0 Å². The van der Waals surface area contributed by atoms with E-state index in [9.17, 15) is 0 Å². The molecule has 0 atom stereocenters. The maximum atomic E-state index is 2.38. The molecule has 1 aliphatic carbocycles. The summed E-state index contributed by atoms with van der Waals surface area (Å²) in [6.07, 6.45) is 8.86. The Kier molecular flexibility index (Phi) is 6.90. The number of thiophene rings is 1. The van der Waals surface area contributed by atoms with E-state index >= 15 is 0 Å². The van der Waals surface area contributed by atoms with Gasteiger partial charge in [-0.05, 0) is 94.8 Å². The highest BCUT2D eigenvalue weighted by atomic mass is 32.1. The second-order valence-corrected chi connectivity index (χ2v) is 12.4. The summed E-state index contributed by atoms with van der Waals surface area (Å²) < 4.78 is 2.64. The van der Waals surface area contributed by atoms with E-state index in [1.807, 2.05) is 11.3 Å². The molecular formula is C42H31NS. The molecule has 7 aromatic rings. The van der Waals surface area contributed by atoms with E-state index in [1.54, 1.807) is 0 Å². The molecule has 0 amide bonds. The largest absolute Gasteiger partial charge is 0.310 e. The van der Waals surface area contributed by atoms with Crippen LogP contribution in [0.15, 0.2) is 164 Å². The van der Waals surface area contributed by atoms with Crippen molar-refractivity contribution in [3.63, 3.8) is 0 Å². The highest BCUT2D eigenvalue weighted by Gasteiger charge is 2.16. The lowest BCUT2D eigenvalue weighted by Gasteiger charge is -2.26. The Balaban J connectivity index is 1.18. The molecule has 44 heavy (non-hydrogen) atoms. The number of rotatable bonds is 6. The van der Waals surface area contributed by atoms with Crippen LogP contribution < -0.4 is 4.90 Å². The van der Waals surface area contributed by atoms with Gasteiger partial charge in [-0.25, -0.2) is 0 Å². The predicted molar refractivity (Wildman–Crippen MR) is 191 cm³/mol. The Morgan fingerprint density at radius 2 is 1.00 bits per heavy atom. The van der Waals surface area contributed by atoms with Gasteiger partial charge in [0.15, 0.2) is 0 Å². The third-order valence-electron chi connectivity index (χ3n) is 8.58. The summed E-state index contributed by atoms with van der Waals surface area (Å²) in [7, 11) is 0. The van der Waals surface area contributed by atoms with E-state index in [-0.39, 0.29) is 0 Å². The summed E-state index contributed by atoms with van der Waals surface area (Å²) >= 11 is 1.86. The zero-order valence-electron chi connectivity index (χ0n) is 24.4. The van der Waals surface area contributed by atoms with Crippen molar-refractivity contribution in [3.05, 3.63) is 169 Å². The summed E-state index contributed by atoms with van der Waals surface area (Å²) in [5.74, 6) is 0. The van der Waals surface area contributed by atoms with Gasteiger partial charge in [-0.1, -0.05) is 115 Å². The van der Waals surface area contributed by atoms with Gasteiger partial charge in [0.05, 0.1) is 0 Å². The third-order valence-corrected chi connectivity index (χ3v) is 9.73. The van der Waals surface area contributed by atoms with Crippen molar-refractivity contribution in [1.82, 2.24) is 0 Å². The zero-order chi connectivity index (χ0) is 29.3. The maximum absolute atomic E-state index is 2.38. The second kappa shape index (κ2) is 11.5. The molecule has 210 valence electrons. The first-order chi connectivity index (χ1) is 21.8. The van der Waals surface area contributed by atoms with Gasteiger partial charge in [0.2, 0.25) is 0 Å². The van der Waals surface area contributed by atoms with Crippen LogP contribution in [0.1, 0.15) is 18.4 Å². The number of allylic oxidation sites excluding steroid dienone is 4. The second-order valence-electron chi connectivity index (χ2n) is 11.3. The molecule has 0 N–H and O–H groups in total. The lowest BCUT2D eigenvalue weighted by atomic mass is 9.97. The Labute approximate surface area is 262 Å². The standard InChI is InChI=1S/C42H31NS/c1-3-9-30(10-4-1)32-15-17-33(18-16-32)35-21-25-37(26-22-35)43(36-23-19-34(20-24-36)31-11-5-2-6-12-31)38-27-28-42-40(29-38)39-13-7-8-14-41(39)44-42/h1-5,7-11,13-29H,6,12H2. The van der Waals surface area contributed by atoms with Crippen LogP contribution in [0.2, 0.25) is 0 Å². The molecule has 1 aliphatic rings. The third kappa shape index (κ3) is 5.04. The lowest BCUT2D eigenvalue weighted by Crippen LogP contribution is -2.10. The Morgan fingerprint density at radius 1 is 0.455 bits per heavy atom. The predicted octanol–water partition coefficient (Wildman–Crippen LogP) is 12.6. The van der Waals surface area contributed by atoms with Crippen molar-refractivity contribution < 1.29 is 0 Å². The fourth-order valence-electron chi connectivity index (χ4n) is 6.26. The number of fused-ring (bicyclic) bond motifs is 3. The van der Waals surface area contributed by atoms with Crippen LogP contribution in [0.4, 0.5) is 17.1 Å². The number of benzene rings is 6. The van der Waals surface area contributed by atoms with Crippen molar-refractivity contribution in [2.24, 2.45) is 0 Å². The fraction of sp³-hybridized carbons (Fsp3) is 0.0476. The molecule has 0 aliphatic heterocycles. The van der Waals surface area contributed by atoms with E-state index in [0.717, 1.165) is 29.9 Å². The topological polar surface area (TPSA) is 3.24 Å². The van der Waals surface area contributed by atoms with Gasteiger partial charge >= 0.3 is 0 Å². The average Bonchev–Trinajstić information content (AvgIpc) is 3.48. The van der Waals surface area contributed by atoms with Crippen LogP contribution in [0, 0.1) is 0 Å². The fourth-order valence-corrected chi connectivity index (χ4v) is 7.34. The van der Waals surface area contributed by atoms with Gasteiger partial charge < -0.3 is 4.90 Å². The minimum Gasteiger partial charge on any atom is -0.310 e. The summed E-state index contributed by atoms with van der Waals surface area (Å²) in [4.78, 5) is 2.38. The Bertz CT molecular complexity index is 2130. The molecule has 8 rings (SSSR count).